The van der Waals surface area contributed by atoms with E-state index in [0.717, 1.165) is 53.9 Å². The Bertz CT molecular complexity index is 1820. The Kier molecular flexibility index (Phi) is 9.45. The number of aromatic nitrogens is 1. The third-order valence-electron chi connectivity index (χ3n) is 12.9. The van der Waals surface area contributed by atoms with Gasteiger partial charge in [-0.15, -0.1) is 0 Å². The standard InChI is InChI=1S/C41H50N4O4S2/c1-3-25-6-10-31(46)17-35(47)26-7-11-32(33-18-36(48)37(49-2)16-27(33)14-26)28-15-34(39(42)44-20-28)38(51-50-22-25)41-23-40(12-4-5-13-40)19-29(41)8-9-30-21-43-24-45(30)41/h8-9,14-16,18,20-21,25,29,32,38,43,48H,3-7,10-13,17,19,22-24H2,1-2H3,(H2,42,44). The van der Waals surface area contributed by atoms with E-state index >= 15 is 0 Å². The smallest absolute Gasteiger partial charge is 0.166 e. The summed E-state index contributed by atoms with van der Waals surface area (Å²) >= 11 is 0. The van der Waals surface area contributed by atoms with E-state index in [9.17, 15) is 14.7 Å². The lowest BCUT2D eigenvalue weighted by Gasteiger charge is -2.51. The second-order valence-electron chi connectivity index (χ2n) is 15.8. The third kappa shape index (κ3) is 6.18. The number of ether oxygens (including phenoxy) is 1. The van der Waals surface area contributed by atoms with Gasteiger partial charge >= 0.3 is 0 Å². The molecule has 0 saturated heterocycles. The Labute approximate surface area is 309 Å². The zero-order valence-corrected chi connectivity index (χ0v) is 31.4. The Morgan fingerprint density at radius 1 is 1.14 bits per heavy atom. The van der Waals surface area contributed by atoms with E-state index in [2.05, 4.69) is 41.6 Å². The van der Waals surface area contributed by atoms with E-state index in [1.54, 1.807) is 6.07 Å². The molecule has 8 nitrogen and oxygen atoms in total. The molecule has 1 aromatic carbocycles. The molecule has 8 rings (SSSR count). The minimum absolute atomic E-state index is 0.0107. The van der Waals surface area contributed by atoms with Crippen molar-refractivity contribution in [2.75, 3.05) is 25.3 Å². The van der Waals surface area contributed by atoms with E-state index in [-0.39, 0.29) is 40.4 Å². The number of fused-ring (bicyclic) bond motifs is 11. The zero-order valence-electron chi connectivity index (χ0n) is 29.8. The van der Waals surface area contributed by atoms with Gasteiger partial charge in [-0.1, -0.05) is 53.9 Å². The topological polar surface area (TPSA) is 118 Å². The molecule has 4 heterocycles. The fraction of sp³-hybridized carbons (Fsp3) is 0.537. The maximum atomic E-state index is 13.7. The van der Waals surface area contributed by atoms with Crippen LogP contribution in [0.4, 0.5) is 5.82 Å². The highest BCUT2D eigenvalue weighted by Gasteiger charge is 2.62. The first-order chi connectivity index (χ1) is 24.7. The van der Waals surface area contributed by atoms with Crippen molar-refractivity contribution in [2.45, 2.75) is 101 Å². The number of methoxy groups -OCH3 is 1. The summed E-state index contributed by atoms with van der Waals surface area (Å²) in [4.78, 5) is 34.6. The number of phenols is 1. The number of nitrogen functional groups attached to an aromatic ring is 1. The molecule has 51 heavy (non-hydrogen) atoms. The molecule has 2 saturated carbocycles. The number of allylic oxidation sites excluding steroid dienone is 2. The highest BCUT2D eigenvalue weighted by Crippen LogP contribution is 2.67. The van der Waals surface area contributed by atoms with Crippen molar-refractivity contribution in [1.29, 1.82) is 0 Å². The fourth-order valence-electron chi connectivity index (χ4n) is 10.2. The molecule has 270 valence electrons. The van der Waals surface area contributed by atoms with E-state index < -0.39 is 0 Å². The van der Waals surface area contributed by atoms with E-state index in [4.69, 9.17) is 15.5 Å². The van der Waals surface area contributed by atoms with Gasteiger partial charge in [0.1, 0.15) is 11.6 Å². The number of Topliss-reactive ketones (excluding diaryl/α,β-unsaturated/α-hetero) is 2. The second kappa shape index (κ2) is 13.9. The van der Waals surface area contributed by atoms with Crippen LogP contribution in [-0.2, 0) is 9.59 Å². The normalized spacial score (nSPS) is 30.2. The molecule has 0 amide bonds. The van der Waals surface area contributed by atoms with Crippen LogP contribution in [0, 0.1) is 17.3 Å². The number of carbonyl (C=O) groups excluding carboxylic acids is 2. The van der Waals surface area contributed by atoms with Gasteiger partial charge in [0.05, 0.1) is 36.7 Å². The molecule has 0 radical (unpaired) electrons. The molecule has 10 heteroatoms. The van der Waals surface area contributed by atoms with Gasteiger partial charge in [-0.05, 0) is 109 Å². The summed E-state index contributed by atoms with van der Waals surface area (Å²) in [5, 5.41) is 14.6. The summed E-state index contributed by atoms with van der Waals surface area (Å²) < 4.78 is 5.51. The lowest BCUT2D eigenvalue weighted by atomic mass is 9.75. The van der Waals surface area contributed by atoms with Gasteiger partial charge in [0.25, 0.3) is 0 Å². The number of nitrogens with two attached hydrogens (primary N) is 1. The number of rotatable bonds is 3. The number of phenolic OH excluding ortho intramolecular Hbond substituents is 1. The van der Waals surface area contributed by atoms with Crippen LogP contribution in [0.25, 0.3) is 6.08 Å². The van der Waals surface area contributed by atoms with Crippen molar-refractivity contribution in [3.63, 3.8) is 0 Å². The minimum Gasteiger partial charge on any atom is -0.504 e. The Hall–Kier alpha value is -3.37. The molecular formula is C41H50N4O4S2. The van der Waals surface area contributed by atoms with Gasteiger partial charge in [-0.2, -0.15) is 0 Å². The second-order valence-corrected chi connectivity index (χ2v) is 18.3. The molecule has 2 aromatic rings. The molecule has 4 N–H and O–H groups in total. The van der Waals surface area contributed by atoms with Gasteiger partial charge in [0.2, 0.25) is 0 Å². The quantitative estimate of drug-likeness (QED) is 0.210. The predicted molar refractivity (Wildman–Crippen MR) is 206 cm³/mol. The molecule has 2 fully saturated rings. The average molecular weight is 727 g/mol. The molecule has 3 aliphatic carbocycles. The van der Waals surface area contributed by atoms with Crippen LogP contribution >= 0.6 is 21.6 Å². The molecular weight excluding hydrogens is 677 g/mol. The first-order valence-electron chi connectivity index (χ1n) is 18.8. The highest BCUT2D eigenvalue weighted by molar-refractivity contribution is 8.76. The molecule has 1 spiro atoms. The van der Waals surface area contributed by atoms with E-state index in [1.165, 1.54) is 44.9 Å². The van der Waals surface area contributed by atoms with Crippen LogP contribution in [0.2, 0.25) is 0 Å². The number of aromatic hydroxyl groups is 1. The van der Waals surface area contributed by atoms with Crippen molar-refractivity contribution in [2.24, 2.45) is 17.3 Å². The lowest BCUT2D eigenvalue weighted by molar-refractivity contribution is -0.125. The monoisotopic (exact) mass is 726 g/mol. The summed E-state index contributed by atoms with van der Waals surface area (Å²) in [6.45, 7) is 2.99. The Morgan fingerprint density at radius 3 is 2.78 bits per heavy atom. The Balaban J connectivity index is 1.29. The Morgan fingerprint density at radius 2 is 1.98 bits per heavy atom. The fourth-order valence-corrected chi connectivity index (χ4v) is 13.9. The summed E-state index contributed by atoms with van der Waals surface area (Å²) in [5.41, 5.74) is 12.9. The number of nitrogens with one attached hydrogen (secondary N) is 1. The largest absolute Gasteiger partial charge is 0.504 e. The van der Waals surface area contributed by atoms with Crippen LogP contribution in [-0.4, -0.2) is 51.6 Å². The molecule has 4 bridgehead atoms. The third-order valence-corrected chi connectivity index (χ3v) is 15.9. The van der Waals surface area contributed by atoms with Crippen molar-refractivity contribution in [3.05, 3.63) is 76.3 Å². The zero-order chi connectivity index (χ0) is 35.3. The van der Waals surface area contributed by atoms with Gasteiger partial charge in [-0.3, -0.25) is 9.59 Å². The summed E-state index contributed by atoms with van der Waals surface area (Å²) in [6, 6.07) is 5.90. The number of nitrogens with zero attached hydrogens (tertiary/aromatic N) is 2. The summed E-state index contributed by atoms with van der Waals surface area (Å²) in [7, 11) is 5.41. The van der Waals surface area contributed by atoms with Crippen LogP contribution in [0.15, 0.2) is 54.0 Å². The highest BCUT2D eigenvalue weighted by atomic mass is 33.1. The lowest BCUT2D eigenvalue weighted by Crippen LogP contribution is -2.55. The number of ketones is 2. The van der Waals surface area contributed by atoms with Crippen molar-refractivity contribution < 1.29 is 19.4 Å². The molecule has 3 aliphatic heterocycles. The minimum atomic E-state index is -0.185. The van der Waals surface area contributed by atoms with Crippen molar-refractivity contribution in [1.82, 2.24) is 15.2 Å². The number of benzene rings is 1. The molecule has 1 aromatic heterocycles. The summed E-state index contributed by atoms with van der Waals surface area (Å²) in [6.07, 6.45) is 21.5. The number of carbonyl (C=O) groups is 2. The maximum Gasteiger partial charge on any atom is 0.166 e. The van der Waals surface area contributed by atoms with Crippen molar-refractivity contribution >= 4 is 45.0 Å². The number of hydrogen-bond donors (Lipinski definition) is 3. The predicted octanol–water partition coefficient (Wildman–Crippen LogP) is 8.44. The van der Waals surface area contributed by atoms with Crippen LogP contribution < -0.4 is 15.8 Å². The first-order valence-corrected chi connectivity index (χ1v) is 21.2. The van der Waals surface area contributed by atoms with Gasteiger partial charge < -0.3 is 25.8 Å². The molecule has 5 atom stereocenters. The number of pyridine rings is 1. The van der Waals surface area contributed by atoms with E-state index in [1.807, 2.05) is 39.9 Å². The SMILES string of the molecule is CCC1CCC(=O)CC(=O)C2=Cc3cc(OC)c(O)cc3C(CC2)c2cnc(N)c(c2)C(C23CC4(CCCC4)CC2C=CC2=CNCN23)SSC1. The van der Waals surface area contributed by atoms with Crippen LogP contribution in [0.3, 0.4) is 0 Å². The number of anilines is 1. The first kappa shape index (κ1) is 34.7. The van der Waals surface area contributed by atoms with Crippen molar-refractivity contribution in [3.8, 4) is 11.5 Å². The molecule has 6 aliphatic rings. The number of hydrogen-bond acceptors (Lipinski definition) is 10. The van der Waals surface area contributed by atoms with Crippen LogP contribution in [0.5, 0.6) is 11.5 Å². The van der Waals surface area contributed by atoms with Gasteiger partial charge in [-0.25, -0.2) is 4.98 Å². The van der Waals surface area contributed by atoms with E-state index in [0.29, 0.717) is 53.7 Å². The maximum absolute atomic E-state index is 13.7. The molecule has 5 unspecified atom stereocenters. The van der Waals surface area contributed by atoms with Gasteiger partial charge in [0, 0.05) is 42.0 Å². The van der Waals surface area contributed by atoms with Gasteiger partial charge in [0.15, 0.2) is 17.3 Å². The summed E-state index contributed by atoms with van der Waals surface area (Å²) in [5.74, 6) is 2.41. The average Bonchev–Trinajstić information content (AvgIpc) is 3.84. The van der Waals surface area contributed by atoms with Crippen LogP contribution in [0.1, 0.15) is 117 Å².